The van der Waals surface area contributed by atoms with Gasteiger partial charge in [0.15, 0.2) is 0 Å². The Hall–Kier alpha value is -0.520. The molecule has 2 rings (SSSR count). The molecule has 0 radical (unpaired) electrons. The van der Waals surface area contributed by atoms with Crippen LogP contribution in [0.15, 0.2) is 0 Å². The van der Waals surface area contributed by atoms with Crippen molar-refractivity contribution in [3.63, 3.8) is 0 Å². The molecule has 0 aliphatic carbocycles. The van der Waals surface area contributed by atoms with E-state index >= 15 is 0 Å². The van der Waals surface area contributed by atoms with E-state index in [0.29, 0.717) is 6.04 Å². The Morgan fingerprint density at radius 1 is 1.28 bits per heavy atom. The van der Waals surface area contributed by atoms with Gasteiger partial charge in [0.1, 0.15) is 0 Å². The van der Waals surface area contributed by atoms with E-state index in [1.807, 2.05) is 6.92 Å². The van der Waals surface area contributed by atoms with Crippen LogP contribution in [0.5, 0.6) is 0 Å². The second-order valence-electron chi connectivity index (χ2n) is 5.97. The van der Waals surface area contributed by atoms with Gasteiger partial charge >= 0.3 is 0 Å². The van der Waals surface area contributed by atoms with Gasteiger partial charge in [-0.05, 0) is 58.5 Å². The summed E-state index contributed by atoms with van der Waals surface area (Å²) in [5, 5.41) is 3.74. The first-order valence-corrected chi connectivity index (χ1v) is 7.61. The van der Waals surface area contributed by atoms with E-state index in [1.54, 1.807) is 0 Å². The van der Waals surface area contributed by atoms with E-state index in [4.69, 9.17) is 0 Å². The van der Waals surface area contributed by atoms with Gasteiger partial charge in [-0.2, -0.15) is 0 Å². The predicted octanol–water partition coefficient (Wildman–Crippen LogP) is 2.64. The first-order valence-electron chi connectivity index (χ1n) is 7.61. The Kier molecular flexibility index (Phi) is 5.09. The fourth-order valence-corrected chi connectivity index (χ4v) is 3.73. The molecule has 2 bridgehead atoms. The lowest BCUT2D eigenvalue weighted by molar-refractivity contribution is 0.113. The standard InChI is InChI=1S/C16H28N2/c1-4-6-7-16(17-10-5-2)13-11-14-8-9-15(12-13)18(14)3/h13-17H,5,7-12H2,1-3H3. The molecule has 2 heteroatoms. The van der Waals surface area contributed by atoms with Gasteiger partial charge in [0, 0.05) is 24.5 Å². The molecule has 2 saturated heterocycles. The number of nitrogens with one attached hydrogen (secondary N) is 1. The summed E-state index contributed by atoms with van der Waals surface area (Å²) in [7, 11) is 2.32. The van der Waals surface area contributed by atoms with Crippen molar-refractivity contribution in [1.29, 1.82) is 0 Å². The number of rotatable bonds is 5. The fraction of sp³-hybridized carbons (Fsp3) is 0.875. The maximum absolute atomic E-state index is 3.74. The summed E-state index contributed by atoms with van der Waals surface area (Å²) < 4.78 is 0. The zero-order valence-electron chi connectivity index (χ0n) is 12.2. The molecule has 3 unspecified atom stereocenters. The zero-order chi connectivity index (χ0) is 13.0. The highest BCUT2D eigenvalue weighted by Gasteiger charge is 2.40. The van der Waals surface area contributed by atoms with Crippen molar-refractivity contribution in [2.75, 3.05) is 13.6 Å². The van der Waals surface area contributed by atoms with Gasteiger partial charge in [0.05, 0.1) is 0 Å². The molecule has 0 aromatic carbocycles. The highest BCUT2D eigenvalue weighted by atomic mass is 15.2. The van der Waals surface area contributed by atoms with Crippen LogP contribution in [0.4, 0.5) is 0 Å². The summed E-state index contributed by atoms with van der Waals surface area (Å²) in [6, 6.07) is 2.30. The summed E-state index contributed by atoms with van der Waals surface area (Å²) >= 11 is 0. The third-order valence-corrected chi connectivity index (χ3v) is 4.86. The molecular formula is C16H28N2. The van der Waals surface area contributed by atoms with Gasteiger partial charge in [-0.15, -0.1) is 11.8 Å². The summed E-state index contributed by atoms with van der Waals surface area (Å²) in [4.78, 5) is 2.62. The van der Waals surface area contributed by atoms with E-state index in [9.17, 15) is 0 Å². The second-order valence-corrected chi connectivity index (χ2v) is 5.97. The second kappa shape index (κ2) is 6.59. The van der Waals surface area contributed by atoms with Crippen molar-refractivity contribution in [3.8, 4) is 11.8 Å². The van der Waals surface area contributed by atoms with Crippen LogP contribution in [-0.4, -0.2) is 36.6 Å². The molecule has 2 fully saturated rings. The van der Waals surface area contributed by atoms with Crippen LogP contribution < -0.4 is 5.32 Å². The van der Waals surface area contributed by atoms with Gasteiger partial charge < -0.3 is 10.2 Å². The summed E-state index contributed by atoms with van der Waals surface area (Å²) in [6.07, 6.45) is 7.83. The van der Waals surface area contributed by atoms with Crippen molar-refractivity contribution < 1.29 is 0 Å². The van der Waals surface area contributed by atoms with Crippen molar-refractivity contribution in [1.82, 2.24) is 10.2 Å². The molecule has 0 spiro atoms. The minimum absolute atomic E-state index is 0.620. The van der Waals surface area contributed by atoms with Crippen LogP contribution >= 0.6 is 0 Å². The lowest BCUT2D eigenvalue weighted by Gasteiger charge is -2.39. The average molecular weight is 248 g/mol. The van der Waals surface area contributed by atoms with Gasteiger partial charge in [-0.25, -0.2) is 0 Å². The maximum Gasteiger partial charge on any atom is 0.0245 e. The largest absolute Gasteiger partial charge is 0.313 e. The topological polar surface area (TPSA) is 15.3 Å². The van der Waals surface area contributed by atoms with Crippen molar-refractivity contribution in [3.05, 3.63) is 0 Å². The van der Waals surface area contributed by atoms with Gasteiger partial charge in [-0.3, -0.25) is 0 Å². The molecule has 0 aromatic rings. The van der Waals surface area contributed by atoms with Crippen LogP contribution in [0.3, 0.4) is 0 Å². The molecule has 2 aliphatic rings. The lowest BCUT2D eigenvalue weighted by atomic mass is 9.84. The zero-order valence-corrected chi connectivity index (χ0v) is 12.2. The number of fused-ring (bicyclic) bond motifs is 2. The molecule has 0 amide bonds. The molecule has 18 heavy (non-hydrogen) atoms. The molecular weight excluding hydrogens is 220 g/mol. The fourth-order valence-electron chi connectivity index (χ4n) is 3.73. The van der Waals surface area contributed by atoms with Crippen LogP contribution in [0, 0.1) is 17.8 Å². The predicted molar refractivity (Wildman–Crippen MR) is 77.4 cm³/mol. The van der Waals surface area contributed by atoms with Gasteiger partial charge in [-0.1, -0.05) is 6.92 Å². The molecule has 3 atom stereocenters. The molecule has 2 heterocycles. The highest BCUT2D eigenvalue weighted by molar-refractivity contribution is 5.03. The lowest BCUT2D eigenvalue weighted by Crippen LogP contribution is -2.47. The first-order chi connectivity index (χ1) is 8.76. The molecule has 0 saturated carbocycles. The highest BCUT2D eigenvalue weighted by Crippen LogP contribution is 2.39. The molecule has 2 nitrogen and oxygen atoms in total. The van der Waals surface area contributed by atoms with E-state index in [0.717, 1.165) is 31.0 Å². The van der Waals surface area contributed by atoms with Crippen LogP contribution in [-0.2, 0) is 0 Å². The maximum atomic E-state index is 3.74. The van der Waals surface area contributed by atoms with E-state index in [2.05, 4.69) is 36.0 Å². The monoisotopic (exact) mass is 248 g/mol. The smallest absolute Gasteiger partial charge is 0.0245 e. The molecule has 2 aliphatic heterocycles. The minimum Gasteiger partial charge on any atom is -0.313 e. The normalized spacial score (nSPS) is 32.9. The quantitative estimate of drug-likeness (QED) is 0.753. The third kappa shape index (κ3) is 3.08. The Morgan fingerprint density at radius 2 is 1.94 bits per heavy atom. The summed E-state index contributed by atoms with van der Waals surface area (Å²) in [5.74, 6) is 7.19. The van der Waals surface area contributed by atoms with Crippen molar-refractivity contribution >= 4 is 0 Å². The molecule has 102 valence electrons. The van der Waals surface area contributed by atoms with E-state index in [1.165, 1.54) is 32.1 Å². The van der Waals surface area contributed by atoms with Crippen LogP contribution in [0.2, 0.25) is 0 Å². The van der Waals surface area contributed by atoms with Gasteiger partial charge in [0.25, 0.3) is 0 Å². The Bertz CT molecular complexity index is 301. The van der Waals surface area contributed by atoms with Crippen LogP contribution in [0.25, 0.3) is 0 Å². The van der Waals surface area contributed by atoms with Crippen LogP contribution in [0.1, 0.15) is 52.4 Å². The molecule has 1 N–H and O–H groups in total. The number of nitrogens with zero attached hydrogens (tertiary/aromatic N) is 1. The number of hydrogen-bond acceptors (Lipinski definition) is 2. The Labute approximate surface area is 113 Å². The third-order valence-electron chi connectivity index (χ3n) is 4.86. The van der Waals surface area contributed by atoms with Crippen molar-refractivity contribution in [2.45, 2.75) is 70.5 Å². The summed E-state index contributed by atoms with van der Waals surface area (Å²) in [6.45, 7) is 5.33. The molecule has 0 aromatic heterocycles. The Balaban J connectivity index is 1.95. The van der Waals surface area contributed by atoms with Gasteiger partial charge in [0.2, 0.25) is 0 Å². The van der Waals surface area contributed by atoms with Crippen molar-refractivity contribution in [2.24, 2.45) is 5.92 Å². The number of piperidine rings is 1. The average Bonchev–Trinajstić information content (AvgIpc) is 2.62. The summed E-state index contributed by atoms with van der Waals surface area (Å²) in [5.41, 5.74) is 0. The minimum atomic E-state index is 0.620. The first kappa shape index (κ1) is 13.9. The SMILES string of the molecule is CC#CCC(NCCC)C1CC2CCC(C1)N2C. The van der Waals surface area contributed by atoms with E-state index < -0.39 is 0 Å². The Morgan fingerprint density at radius 3 is 2.50 bits per heavy atom. The van der Waals surface area contributed by atoms with E-state index in [-0.39, 0.29) is 0 Å². The number of hydrogen-bond donors (Lipinski definition) is 1.